The lowest BCUT2D eigenvalue weighted by Crippen LogP contribution is -2.46. The smallest absolute Gasteiger partial charge is 0.0702 e. The molecular formula is C17H24N4. The number of rotatable bonds is 5. The molecule has 0 atom stereocenters. The molecule has 1 fully saturated rings. The highest BCUT2D eigenvalue weighted by molar-refractivity contribution is 5.78. The van der Waals surface area contributed by atoms with Crippen LogP contribution in [-0.4, -0.2) is 54.1 Å². The summed E-state index contributed by atoms with van der Waals surface area (Å²) in [6, 6.07) is 10.7. The molecule has 1 saturated heterocycles. The first-order valence-corrected chi connectivity index (χ1v) is 7.83. The molecular weight excluding hydrogens is 260 g/mol. The Hall–Kier alpha value is -1.49. The van der Waals surface area contributed by atoms with Gasteiger partial charge >= 0.3 is 0 Å². The molecule has 0 amide bonds. The van der Waals surface area contributed by atoms with Crippen molar-refractivity contribution in [1.82, 2.24) is 14.8 Å². The van der Waals surface area contributed by atoms with Crippen molar-refractivity contribution in [1.29, 1.82) is 0 Å². The number of aromatic nitrogens is 1. The van der Waals surface area contributed by atoms with Gasteiger partial charge in [0.05, 0.1) is 5.52 Å². The fraction of sp³-hybridized carbons (Fsp3) is 0.471. The fourth-order valence-electron chi connectivity index (χ4n) is 2.97. The summed E-state index contributed by atoms with van der Waals surface area (Å²) in [5, 5.41) is 1.23. The number of benzene rings is 1. The third-order valence-electron chi connectivity index (χ3n) is 4.22. The van der Waals surface area contributed by atoms with Gasteiger partial charge in [0, 0.05) is 44.3 Å². The van der Waals surface area contributed by atoms with Gasteiger partial charge in [0.15, 0.2) is 0 Å². The zero-order valence-electron chi connectivity index (χ0n) is 12.5. The highest BCUT2D eigenvalue weighted by Crippen LogP contribution is 2.15. The van der Waals surface area contributed by atoms with Crippen LogP contribution >= 0.6 is 0 Å². The van der Waals surface area contributed by atoms with Crippen LogP contribution in [0.2, 0.25) is 0 Å². The lowest BCUT2D eigenvalue weighted by molar-refractivity contribution is 0.127. The summed E-state index contributed by atoms with van der Waals surface area (Å²) in [5.74, 6) is 0. The van der Waals surface area contributed by atoms with Gasteiger partial charge in [-0.2, -0.15) is 0 Å². The first-order chi connectivity index (χ1) is 10.3. The average molecular weight is 284 g/mol. The van der Waals surface area contributed by atoms with Crippen molar-refractivity contribution in [3.05, 3.63) is 42.1 Å². The van der Waals surface area contributed by atoms with E-state index in [1.807, 2.05) is 12.3 Å². The average Bonchev–Trinajstić information content (AvgIpc) is 2.54. The number of hydrogen-bond donors (Lipinski definition) is 1. The number of piperazine rings is 1. The second-order valence-corrected chi connectivity index (χ2v) is 5.79. The predicted octanol–water partition coefficient (Wildman–Crippen LogP) is 1.70. The minimum absolute atomic E-state index is 0.797. The molecule has 4 nitrogen and oxygen atoms in total. The van der Waals surface area contributed by atoms with Crippen LogP contribution < -0.4 is 5.73 Å². The zero-order valence-corrected chi connectivity index (χ0v) is 12.5. The minimum Gasteiger partial charge on any atom is -0.330 e. The van der Waals surface area contributed by atoms with Crippen LogP contribution in [0.1, 0.15) is 12.0 Å². The van der Waals surface area contributed by atoms with E-state index >= 15 is 0 Å². The molecule has 21 heavy (non-hydrogen) atoms. The summed E-state index contributed by atoms with van der Waals surface area (Å²) in [5.41, 5.74) is 8.04. The molecule has 1 aromatic heterocycles. The van der Waals surface area contributed by atoms with Gasteiger partial charge in [-0.25, -0.2) is 0 Å². The van der Waals surface area contributed by atoms with Gasteiger partial charge < -0.3 is 10.6 Å². The molecule has 0 radical (unpaired) electrons. The summed E-state index contributed by atoms with van der Waals surface area (Å²) in [7, 11) is 0. The third kappa shape index (κ3) is 3.79. The molecule has 1 aliphatic heterocycles. The van der Waals surface area contributed by atoms with E-state index in [2.05, 4.69) is 39.0 Å². The van der Waals surface area contributed by atoms with Crippen molar-refractivity contribution in [3.8, 4) is 0 Å². The topological polar surface area (TPSA) is 45.4 Å². The first kappa shape index (κ1) is 14.4. The number of nitrogens with two attached hydrogens (primary N) is 1. The Balaban J connectivity index is 1.56. The van der Waals surface area contributed by atoms with Gasteiger partial charge in [0.1, 0.15) is 0 Å². The van der Waals surface area contributed by atoms with Gasteiger partial charge in [-0.15, -0.1) is 0 Å². The normalized spacial score (nSPS) is 17.4. The Morgan fingerprint density at radius 3 is 2.67 bits per heavy atom. The van der Waals surface area contributed by atoms with Crippen LogP contribution in [0.25, 0.3) is 10.9 Å². The standard InChI is InChI=1S/C17H24N4/c18-6-2-8-20-9-11-21(12-10-20)14-15-4-5-17-16(13-15)3-1-7-19-17/h1,3-5,7,13H,2,6,8-12,14,18H2. The van der Waals surface area contributed by atoms with E-state index in [-0.39, 0.29) is 0 Å². The quantitative estimate of drug-likeness (QED) is 0.908. The molecule has 112 valence electrons. The number of hydrogen-bond acceptors (Lipinski definition) is 4. The molecule has 2 aromatic rings. The van der Waals surface area contributed by atoms with E-state index in [9.17, 15) is 0 Å². The second kappa shape index (κ2) is 6.98. The van der Waals surface area contributed by atoms with E-state index < -0.39 is 0 Å². The predicted molar refractivity (Wildman–Crippen MR) is 87.1 cm³/mol. The Kier molecular flexibility index (Phi) is 4.80. The minimum atomic E-state index is 0.797. The zero-order chi connectivity index (χ0) is 14.5. The molecule has 0 spiro atoms. The summed E-state index contributed by atoms with van der Waals surface area (Å²) < 4.78 is 0. The van der Waals surface area contributed by atoms with Crippen LogP contribution in [0, 0.1) is 0 Å². The Bertz CT molecular complexity index is 576. The Labute approximate surface area is 126 Å². The summed E-state index contributed by atoms with van der Waals surface area (Å²) in [6.07, 6.45) is 2.96. The van der Waals surface area contributed by atoms with Crippen LogP contribution in [-0.2, 0) is 6.54 Å². The third-order valence-corrected chi connectivity index (χ3v) is 4.22. The highest BCUT2D eigenvalue weighted by Gasteiger charge is 2.16. The maximum Gasteiger partial charge on any atom is 0.0702 e. The van der Waals surface area contributed by atoms with Gasteiger partial charge in [0.25, 0.3) is 0 Å². The summed E-state index contributed by atoms with van der Waals surface area (Å²) in [6.45, 7) is 7.60. The van der Waals surface area contributed by atoms with Crippen LogP contribution in [0.4, 0.5) is 0 Å². The molecule has 1 aromatic carbocycles. The van der Waals surface area contributed by atoms with E-state index in [4.69, 9.17) is 5.73 Å². The fourth-order valence-corrected chi connectivity index (χ4v) is 2.97. The molecule has 0 unspecified atom stereocenters. The van der Waals surface area contributed by atoms with Gasteiger partial charge in [0.2, 0.25) is 0 Å². The molecule has 0 aliphatic carbocycles. The van der Waals surface area contributed by atoms with Crippen LogP contribution in [0.3, 0.4) is 0 Å². The van der Waals surface area contributed by atoms with Gasteiger partial charge in [-0.1, -0.05) is 12.1 Å². The van der Waals surface area contributed by atoms with Crippen molar-refractivity contribution >= 4 is 10.9 Å². The van der Waals surface area contributed by atoms with Gasteiger partial charge in [-0.3, -0.25) is 9.88 Å². The van der Waals surface area contributed by atoms with Crippen LogP contribution in [0.15, 0.2) is 36.5 Å². The van der Waals surface area contributed by atoms with Crippen molar-refractivity contribution in [2.75, 3.05) is 39.3 Å². The molecule has 2 N–H and O–H groups in total. The summed E-state index contributed by atoms with van der Waals surface area (Å²) >= 11 is 0. The molecule has 4 heteroatoms. The van der Waals surface area contributed by atoms with E-state index in [0.717, 1.165) is 57.8 Å². The molecule has 0 bridgehead atoms. The Morgan fingerprint density at radius 1 is 1.05 bits per heavy atom. The second-order valence-electron chi connectivity index (χ2n) is 5.79. The summed E-state index contributed by atoms with van der Waals surface area (Å²) in [4.78, 5) is 9.44. The van der Waals surface area contributed by atoms with E-state index in [1.54, 1.807) is 0 Å². The maximum atomic E-state index is 5.58. The lowest BCUT2D eigenvalue weighted by atomic mass is 10.1. The van der Waals surface area contributed by atoms with Crippen molar-refractivity contribution in [3.63, 3.8) is 0 Å². The van der Waals surface area contributed by atoms with Crippen molar-refractivity contribution in [2.24, 2.45) is 5.73 Å². The molecule has 1 aliphatic rings. The molecule has 2 heterocycles. The molecule has 0 saturated carbocycles. The lowest BCUT2D eigenvalue weighted by Gasteiger charge is -2.34. The molecule has 3 rings (SSSR count). The Morgan fingerprint density at radius 2 is 1.86 bits per heavy atom. The number of pyridine rings is 1. The van der Waals surface area contributed by atoms with Gasteiger partial charge in [-0.05, 0) is 43.3 Å². The maximum absolute atomic E-state index is 5.58. The first-order valence-electron chi connectivity index (χ1n) is 7.83. The monoisotopic (exact) mass is 284 g/mol. The SMILES string of the molecule is NCCCN1CCN(Cc2ccc3ncccc3c2)CC1. The van der Waals surface area contributed by atoms with E-state index in [1.165, 1.54) is 10.9 Å². The highest BCUT2D eigenvalue weighted by atomic mass is 15.3. The van der Waals surface area contributed by atoms with E-state index in [0.29, 0.717) is 0 Å². The largest absolute Gasteiger partial charge is 0.330 e. The van der Waals surface area contributed by atoms with Crippen molar-refractivity contribution in [2.45, 2.75) is 13.0 Å². The van der Waals surface area contributed by atoms with Crippen molar-refractivity contribution < 1.29 is 0 Å². The number of nitrogens with zero attached hydrogens (tertiary/aromatic N) is 3. The number of fused-ring (bicyclic) bond motifs is 1. The van der Waals surface area contributed by atoms with Crippen LogP contribution in [0.5, 0.6) is 0 Å².